The van der Waals surface area contributed by atoms with Crippen molar-refractivity contribution >= 4 is 23.1 Å². The first-order valence-electron chi connectivity index (χ1n) is 14.2. The molecule has 0 N–H and O–H groups in total. The molecule has 0 spiro atoms. The van der Waals surface area contributed by atoms with Gasteiger partial charge in [0.2, 0.25) is 17.3 Å². The standard InChI is InChI=1S/C22H40O2.C8H12O2/c1-9-19(10-2)17(23)18(24)20(11-3,12-4)22(15-7,16-8)21(19,13-5)14-6;1-2-6-4-3-5-7(9)8(6)10/h9-16H2,1-8H3;6H,2-5H2,1H3. The minimum Gasteiger partial charge on any atom is -0.291 e. The highest BCUT2D eigenvalue weighted by atomic mass is 16.2. The highest BCUT2D eigenvalue weighted by Gasteiger charge is 2.73. The molecule has 0 saturated heterocycles. The fraction of sp³-hybridized carbons (Fsp3) is 0.867. The minimum absolute atomic E-state index is 0.0428. The van der Waals surface area contributed by atoms with Crippen LogP contribution in [0, 0.1) is 27.6 Å². The van der Waals surface area contributed by atoms with Gasteiger partial charge in [0.1, 0.15) is 0 Å². The van der Waals surface area contributed by atoms with Crippen LogP contribution in [0.5, 0.6) is 0 Å². The van der Waals surface area contributed by atoms with E-state index in [0.29, 0.717) is 6.42 Å². The monoisotopic (exact) mass is 476 g/mol. The highest BCUT2D eigenvalue weighted by Crippen LogP contribution is 2.73. The molecule has 0 heterocycles. The first kappa shape index (κ1) is 30.7. The predicted octanol–water partition coefficient (Wildman–Crippen LogP) is 7.70. The van der Waals surface area contributed by atoms with Gasteiger partial charge in [-0.15, -0.1) is 0 Å². The number of hydrogen-bond acceptors (Lipinski definition) is 4. The summed E-state index contributed by atoms with van der Waals surface area (Å²) in [7, 11) is 0. The Kier molecular flexibility index (Phi) is 10.9. The van der Waals surface area contributed by atoms with Crippen molar-refractivity contribution in [2.45, 2.75) is 139 Å². The second kappa shape index (κ2) is 12.1. The molecule has 0 aliphatic heterocycles. The van der Waals surface area contributed by atoms with E-state index in [4.69, 9.17) is 0 Å². The number of carbonyl (C=O) groups is 4. The zero-order chi connectivity index (χ0) is 26.4. The van der Waals surface area contributed by atoms with Crippen molar-refractivity contribution in [1.29, 1.82) is 0 Å². The summed E-state index contributed by atoms with van der Waals surface area (Å²) in [6.07, 6.45) is 10.2. The van der Waals surface area contributed by atoms with E-state index in [1.54, 1.807) is 0 Å². The third kappa shape index (κ3) is 4.05. The van der Waals surface area contributed by atoms with Crippen molar-refractivity contribution < 1.29 is 19.2 Å². The van der Waals surface area contributed by atoms with Crippen LogP contribution in [0.4, 0.5) is 0 Å². The minimum atomic E-state index is -0.493. The van der Waals surface area contributed by atoms with Gasteiger partial charge >= 0.3 is 0 Å². The molecule has 0 aromatic carbocycles. The molecule has 2 rings (SSSR count). The zero-order valence-electron chi connectivity index (χ0n) is 23.7. The molecular weight excluding hydrogens is 424 g/mol. The molecule has 0 aromatic heterocycles. The summed E-state index contributed by atoms with van der Waals surface area (Å²) in [5.74, 6) is -0.358. The normalized spacial score (nSPS) is 25.0. The van der Waals surface area contributed by atoms with Gasteiger partial charge in [0.15, 0.2) is 5.78 Å². The van der Waals surface area contributed by atoms with Gasteiger partial charge in [-0.2, -0.15) is 0 Å². The van der Waals surface area contributed by atoms with Gasteiger partial charge in [-0.3, -0.25) is 19.2 Å². The van der Waals surface area contributed by atoms with E-state index >= 15 is 0 Å². The highest BCUT2D eigenvalue weighted by molar-refractivity contribution is 6.42. The predicted molar refractivity (Wildman–Crippen MR) is 140 cm³/mol. The molecule has 4 heteroatoms. The molecule has 196 valence electrons. The van der Waals surface area contributed by atoms with E-state index in [1.165, 1.54) is 0 Å². The maximum atomic E-state index is 13.5. The molecule has 0 radical (unpaired) electrons. The molecule has 0 amide bonds. The molecule has 4 nitrogen and oxygen atoms in total. The fourth-order valence-electron chi connectivity index (χ4n) is 8.87. The number of ketones is 4. The quantitative estimate of drug-likeness (QED) is 0.320. The molecular formula is C30H52O4. The molecule has 2 fully saturated rings. The maximum Gasteiger partial charge on any atom is 0.205 e. The van der Waals surface area contributed by atoms with Crippen LogP contribution in [0.2, 0.25) is 0 Å². The van der Waals surface area contributed by atoms with Crippen LogP contribution >= 0.6 is 0 Å². The Morgan fingerprint density at radius 1 is 0.588 bits per heavy atom. The van der Waals surface area contributed by atoms with E-state index in [0.717, 1.165) is 70.6 Å². The van der Waals surface area contributed by atoms with Gasteiger partial charge < -0.3 is 0 Å². The lowest BCUT2D eigenvalue weighted by molar-refractivity contribution is -0.212. The largest absolute Gasteiger partial charge is 0.291 e. The Bertz CT molecular complexity index is 687. The van der Waals surface area contributed by atoms with Crippen LogP contribution < -0.4 is 0 Å². The Hall–Kier alpha value is -1.32. The molecule has 2 saturated carbocycles. The average Bonchev–Trinajstić information content (AvgIpc) is 2.87. The lowest BCUT2D eigenvalue weighted by Crippen LogP contribution is -2.71. The van der Waals surface area contributed by atoms with Crippen molar-refractivity contribution in [3.63, 3.8) is 0 Å². The Morgan fingerprint density at radius 3 is 1.18 bits per heavy atom. The van der Waals surface area contributed by atoms with E-state index in [-0.39, 0.29) is 39.9 Å². The zero-order valence-corrected chi connectivity index (χ0v) is 23.7. The Labute approximate surface area is 209 Å². The van der Waals surface area contributed by atoms with Gasteiger partial charge in [-0.05, 0) is 81.5 Å². The van der Waals surface area contributed by atoms with E-state index in [9.17, 15) is 19.2 Å². The van der Waals surface area contributed by atoms with Crippen molar-refractivity contribution in [2.24, 2.45) is 27.6 Å². The molecule has 1 unspecified atom stereocenters. The Morgan fingerprint density at radius 2 is 0.941 bits per heavy atom. The van der Waals surface area contributed by atoms with Crippen molar-refractivity contribution in [3.8, 4) is 0 Å². The van der Waals surface area contributed by atoms with E-state index in [1.807, 2.05) is 6.92 Å². The lowest BCUT2D eigenvalue weighted by Gasteiger charge is -2.69. The third-order valence-electron chi connectivity index (χ3n) is 10.7. The first-order valence-corrected chi connectivity index (χ1v) is 14.2. The number of Topliss-reactive ketones (excluding diaryl/α,β-unsaturated/α-hetero) is 4. The van der Waals surface area contributed by atoms with Gasteiger partial charge in [-0.25, -0.2) is 0 Å². The van der Waals surface area contributed by atoms with E-state index in [2.05, 4.69) is 55.4 Å². The van der Waals surface area contributed by atoms with Gasteiger partial charge in [0.05, 0.1) is 0 Å². The van der Waals surface area contributed by atoms with Gasteiger partial charge in [0, 0.05) is 23.2 Å². The molecule has 0 aromatic rings. The van der Waals surface area contributed by atoms with Crippen LogP contribution in [-0.2, 0) is 19.2 Å². The van der Waals surface area contributed by atoms with Crippen LogP contribution in [0.3, 0.4) is 0 Å². The van der Waals surface area contributed by atoms with Crippen LogP contribution in [0.1, 0.15) is 139 Å². The van der Waals surface area contributed by atoms with Crippen molar-refractivity contribution in [3.05, 3.63) is 0 Å². The van der Waals surface area contributed by atoms with Gasteiger partial charge in [-0.1, -0.05) is 62.3 Å². The summed E-state index contributed by atoms with van der Waals surface area (Å²) in [6.45, 7) is 19.5. The third-order valence-corrected chi connectivity index (χ3v) is 10.7. The molecule has 2 aliphatic rings. The Balaban J connectivity index is 0.000000479. The number of rotatable bonds is 9. The fourth-order valence-corrected chi connectivity index (χ4v) is 8.87. The summed E-state index contributed by atoms with van der Waals surface area (Å²) in [6, 6.07) is 0. The summed E-state index contributed by atoms with van der Waals surface area (Å²) in [4.78, 5) is 48.9. The lowest BCUT2D eigenvalue weighted by atomic mass is 9.32. The van der Waals surface area contributed by atoms with Crippen molar-refractivity contribution in [1.82, 2.24) is 0 Å². The van der Waals surface area contributed by atoms with Crippen LogP contribution in [-0.4, -0.2) is 23.1 Å². The van der Waals surface area contributed by atoms with Crippen molar-refractivity contribution in [2.75, 3.05) is 0 Å². The SMILES string of the molecule is CCC1(CC)C(=O)C(=O)C(CC)(CC)C(CC)(CC)C1(CC)CC.CCC1CCCC(=O)C1=O. The summed E-state index contributed by atoms with van der Waals surface area (Å²) in [5.41, 5.74) is -1.17. The summed E-state index contributed by atoms with van der Waals surface area (Å²) >= 11 is 0. The topological polar surface area (TPSA) is 68.3 Å². The smallest absolute Gasteiger partial charge is 0.205 e. The van der Waals surface area contributed by atoms with Crippen LogP contribution in [0.15, 0.2) is 0 Å². The number of carbonyl (C=O) groups excluding carboxylic acids is 4. The van der Waals surface area contributed by atoms with Gasteiger partial charge in [0.25, 0.3) is 0 Å². The van der Waals surface area contributed by atoms with Crippen LogP contribution in [0.25, 0.3) is 0 Å². The number of hydrogen-bond donors (Lipinski definition) is 0. The average molecular weight is 477 g/mol. The summed E-state index contributed by atoms with van der Waals surface area (Å²) in [5, 5.41) is 0. The molecule has 2 aliphatic carbocycles. The second-order valence-corrected chi connectivity index (χ2v) is 10.6. The molecule has 34 heavy (non-hydrogen) atoms. The van der Waals surface area contributed by atoms with E-state index < -0.39 is 10.8 Å². The summed E-state index contributed by atoms with van der Waals surface area (Å²) < 4.78 is 0. The second-order valence-electron chi connectivity index (χ2n) is 10.6. The molecule has 0 bridgehead atoms. The molecule has 1 atom stereocenters. The maximum absolute atomic E-state index is 13.5. The first-order chi connectivity index (χ1) is 16.1.